The maximum Gasteiger partial charge on any atom is 0.239 e. The standard InChI is InChI=1S/C19H26FN3O4/c20-16-6-4-15(5-7-16)17(24)2-1-3-18(25)22-14-19(26)21-8-9-23-10-12-27-13-11-23/h4-7H,1-3,8-14H2,(H,21,26)(H,22,25). The SMILES string of the molecule is O=C(CCCC(=O)c1ccc(F)cc1)NCC(=O)NCCN1CCOCC1. The van der Waals surface area contributed by atoms with Gasteiger partial charge in [0.2, 0.25) is 11.8 Å². The second-order valence-electron chi connectivity index (χ2n) is 6.36. The summed E-state index contributed by atoms with van der Waals surface area (Å²) < 4.78 is 18.1. The van der Waals surface area contributed by atoms with Gasteiger partial charge in [-0.1, -0.05) is 0 Å². The van der Waals surface area contributed by atoms with Crippen LogP contribution in [0.25, 0.3) is 0 Å². The fourth-order valence-electron chi connectivity index (χ4n) is 2.70. The maximum absolute atomic E-state index is 12.8. The number of nitrogens with one attached hydrogen (secondary N) is 2. The second kappa shape index (κ2) is 11.4. The highest BCUT2D eigenvalue weighted by molar-refractivity contribution is 5.96. The Labute approximate surface area is 158 Å². The third kappa shape index (κ3) is 8.27. The molecule has 1 aromatic rings. The predicted molar refractivity (Wildman–Crippen MR) is 97.9 cm³/mol. The molecular weight excluding hydrogens is 353 g/mol. The van der Waals surface area contributed by atoms with E-state index in [0.29, 0.717) is 31.7 Å². The number of carbonyl (C=O) groups excluding carboxylic acids is 3. The van der Waals surface area contributed by atoms with Crippen molar-refractivity contribution >= 4 is 17.6 Å². The number of Topliss-reactive ketones (excluding diaryl/α,β-unsaturated/α-hetero) is 1. The molecule has 0 aliphatic carbocycles. The number of ketones is 1. The van der Waals surface area contributed by atoms with Crippen LogP contribution in [0.5, 0.6) is 0 Å². The number of benzene rings is 1. The summed E-state index contributed by atoms with van der Waals surface area (Å²) >= 11 is 0. The molecule has 0 bridgehead atoms. The fourth-order valence-corrected chi connectivity index (χ4v) is 2.70. The van der Waals surface area contributed by atoms with Crippen LogP contribution >= 0.6 is 0 Å². The van der Waals surface area contributed by atoms with Crippen LogP contribution in [0.3, 0.4) is 0 Å². The molecule has 2 N–H and O–H groups in total. The van der Waals surface area contributed by atoms with Gasteiger partial charge in [0.1, 0.15) is 5.82 Å². The molecule has 0 unspecified atom stereocenters. The minimum atomic E-state index is -0.394. The molecular formula is C19H26FN3O4. The van der Waals surface area contributed by atoms with Gasteiger partial charge in [0, 0.05) is 44.6 Å². The molecule has 2 rings (SSSR count). The van der Waals surface area contributed by atoms with Crippen molar-refractivity contribution in [2.24, 2.45) is 0 Å². The molecule has 2 amide bonds. The van der Waals surface area contributed by atoms with Crippen LogP contribution in [-0.2, 0) is 14.3 Å². The Morgan fingerprint density at radius 2 is 1.70 bits per heavy atom. The zero-order valence-corrected chi connectivity index (χ0v) is 15.3. The molecule has 1 aliphatic heterocycles. The van der Waals surface area contributed by atoms with Gasteiger partial charge in [-0.15, -0.1) is 0 Å². The highest BCUT2D eigenvalue weighted by atomic mass is 19.1. The summed E-state index contributed by atoms with van der Waals surface area (Å²) in [4.78, 5) is 37.6. The summed E-state index contributed by atoms with van der Waals surface area (Å²) in [6, 6.07) is 5.33. The van der Waals surface area contributed by atoms with E-state index in [1.165, 1.54) is 24.3 Å². The Kier molecular flexibility index (Phi) is 8.86. The molecule has 1 heterocycles. The summed E-state index contributed by atoms with van der Waals surface area (Å²) in [6.07, 6.45) is 0.736. The van der Waals surface area contributed by atoms with Crippen LogP contribution in [0.2, 0.25) is 0 Å². The lowest BCUT2D eigenvalue weighted by Gasteiger charge is -2.26. The van der Waals surface area contributed by atoms with E-state index >= 15 is 0 Å². The van der Waals surface area contributed by atoms with Crippen molar-refractivity contribution in [2.45, 2.75) is 19.3 Å². The van der Waals surface area contributed by atoms with Crippen molar-refractivity contribution < 1.29 is 23.5 Å². The number of ether oxygens (including phenoxy) is 1. The van der Waals surface area contributed by atoms with E-state index < -0.39 is 5.82 Å². The molecule has 7 nitrogen and oxygen atoms in total. The largest absolute Gasteiger partial charge is 0.379 e. The number of morpholine rings is 1. The Balaban J connectivity index is 1.52. The van der Waals surface area contributed by atoms with Crippen molar-refractivity contribution in [1.82, 2.24) is 15.5 Å². The summed E-state index contributed by atoms with van der Waals surface area (Å²) in [7, 11) is 0. The molecule has 1 fully saturated rings. The first-order valence-electron chi connectivity index (χ1n) is 9.17. The van der Waals surface area contributed by atoms with Crippen LogP contribution in [0.15, 0.2) is 24.3 Å². The highest BCUT2D eigenvalue weighted by Gasteiger charge is 2.11. The molecule has 0 atom stereocenters. The number of rotatable bonds is 10. The summed E-state index contributed by atoms with van der Waals surface area (Å²) in [5.41, 5.74) is 0.427. The molecule has 1 saturated heterocycles. The van der Waals surface area contributed by atoms with Gasteiger partial charge in [0.25, 0.3) is 0 Å². The van der Waals surface area contributed by atoms with Crippen molar-refractivity contribution in [3.8, 4) is 0 Å². The van der Waals surface area contributed by atoms with Gasteiger partial charge >= 0.3 is 0 Å². The average Bonchev–Trinajstić information content (AvgIpc) is 2.67. The lowest BCUT2D eigenvalue weighted by Crippen LogP contribution is -2.43. The topological polar surface area (TPSA) is 87.7 Å². The third-order valence-corrected chi connectivity index (χ3v) is 4.27. The first-order valence-corrected chi connectivity index (χ1v) is 9.17. The smallest absolute Gasteiger partial charge is 0.239 e. The van der Waals surface area contributed by atoms with Crippen LogP contribution in [0, 0.1) is 5.82 Å². The van der Waals surface area contributed by atoms with Gasteiger partial charge in [-0.3, -0.25) is 19.3 Å². The number of hydrogen-bond acceptors (Lipinski definition) is 5. The number of amides is 2. The third-order valence-electron chi connectivity index (χ3n) is 4.27. The Bertz CT molecular complexity index is 630. The molecule has 27 heavy (non-hydrogen) atoms. The Morgan fingerprint density at radius 3 is 2.41 bits per heavy atom. The summed E-state index contributed by atoms with van der Waals surface area (Å²) in [6.45, 7) is 4.37. The summed E-state index contributed by atoms with van der Waals surface area (Å²) in [5.74, 6) is -1.04. The molecule has 0 spiro atoms. The quantitative estimate of drug-likeness (QED) is 0.586. The second-order valence-corrected chi connectivity index (χ2v) is 6.36. The average molecular weight is 379 g/mol. The van der Waals surface area contributed by atoms with E-state index in [0.717, 1.165) is 19.6 Å². The lowest BCUT2D eigenvalue weighted by molar-refractivity contribution is -0.126. The van der Waals surface area contributed by atoms with Gasteiger partial charge < -0.3 is 15.4 Å². The van der Waals surface area contributed by atoms with Crippen LogP contribution in [-0.4, -0.2) is 68.4 Å². The van der Waals surface area contributed by atoms with Crippen LogP contribution in [0.1, 0.15) is 29.6 Å². The maximum atomic E-state index is 12.8. The van der Waals surface area contributed by atoms with Crippen molar-refractivity contribution in [1.29, 1.82) is 0 Å². The fraction of sp³-hybridized carbons (Fsp3) is 0.526. The Morgan fingerprint density at radius 1 is 1.00 bits per heavy atom. The van der Waals surface area contributed by atoms with E-state index in [2.05, 4.69) is 15.5 Å². The van der Waals surface area contributed by atoms with Gasteiger partial charge in [-0.2, -0.15) is 0 Å². The van der Waals surface area contributed by atoms with Gasteiger partial charge in [-0.25, -0.2) is 4.39 Å². The molecule has 0 saturated carbocycles. The zero-order chi connectivity index (χ0) is 19.5. The monoisotopic (exact) mass is 379 g/mol. The zero-order valence-electron chi connectivity index (χ0n) is 15.3. The molecule has 0 aromatic heterocycles. The first kappa shape index (κ1) is 21.0. The van der Waals surface area contributed by atoms with Crippen molar-refractivity contribution in [3.05, 3.63) is 35.6 Å². The van der Waals surface area contributed by atoms with E-state index in [9.17, 15) is 18.8 Å². The van der Waals surface area contributed by atoms with E-state index in [1.807, 2.05) is 0 Å². The number of nitrogens with zero attached hydrogens (tertiary/aromatic N) is 1. The van der Waals surface area contributed by atoms with Gasteiger partial charge in [-0.05, 0) is 30.7 Å². The first-order chi connectivity index (χ1) is 13.0. The van der Waals surface area contributed by atoms with Crippen molar-refractivity contribution in [3.63, 3.8) is 0 Å². The van der Waals surface area contributed by atoms with E-state index in [-0.39, 0.29) is 37.0 Å². The molecule has 8 heteroatoms. The number of hydrogen-bond donors (Lipinski definition) is 2. The van der Waals surface area contributed by atoms with E-state index in [1.54, 1.807) is 0 Å². The molecule has 1 aliphatic rings. The molecule has 148 valence electrons. The van der Waals surface area contributed by atoms with Crippen LogP contribution in [0.4, 0.5) is 4.39 Å². The van der Waals surface area contributed by atoms with Gasteiger partial charge in [0.15, 0.2) is 5.78 Å². The minimum absolute atomic E-state index is 0.0755. The number of carbonyl (C=O) groups is 3. The minimum Gasteiger partial charge on any atom is -0.379 e. The normalized spacial score (nSPS) is 14.6. The van der Waals surface area contributed by atoms with Gasteiger partial charge in [0.05, 0.1) is 19.8 Å². The lowest BCUT2D eigenvalue weighted by atomic mass is 10.1. The van der Waals surface area contributed by atoms with Crippen LogP contribution < -0.4 is 10.6 Å². The van der Waals surface area contributed by atoms with E-state index in [4.69, 9.17) is 4.74 Å². The highest BCUT2D eigenvalue weighted by Crippen LogP contribution is 2.08. The Hall–Kier alpha value is -2.32. The molecule has 0 radical (unpaired) electrons. The summed E-state index contributed by atoms with van der Waals surface area (Å²) in [5, 5.41) is 5.31. The predicted octanol–water partition coefficient (Wildman–Crippen LogP) is 0.743. The number of halogens is 1. The molecule has 1 aromatic carbocycles. The van der Waals surface area contributed by atoms with Crippen molar-refractivity contribution in [2.75, 3.05) is 45.9 Å².